The molecule has 1 aromatic rings. The van der Waals surface area contributed by atoms with Crippen LogP contribution in [-0.4, -0.2) is 18.7 Å². The van der Waals surface area contributed by atoms with E-state index in [0.29, 0.717) is 13.0 Å². The maximum absolute atomic E-state index is 11.7. The van der Waals surface area contributed by atoms with E-state index in [-0.39, 0.29) is 5.97 Å². The lowest BCUT2D eigenvalue weighted by Crippen LogP contribution is -2.33. The second kappa shape index (κ2) is 5.89. The van der Waals surface area contributed by atoms with Crippen LogP contribution in [-0.2, 0) is 22.4 Å². The van der Waals surface area contributed by atoms with Gasteiger partial charge in [-0.2, -0.15) is 0 Å². The van der Waals surface area contributed by atoms with Gasteiger partial charge in [-0.15, -0.1) is 0 Å². The summed E-state index contributed by atoms with van der Waals surface area (Å²) in [6.07, 6.45) is 3.22. The standard InChI is InChI=1S/C15H20O3/c1-3-6-11-7-5-8-12-9-10-13(18-14(11)12)15(16)17-4-2/h5,7-8,13H,3-4,6,9-10H2,1-2H3. The predicted molar refractivity (Wildman–Crippen MR) is 69.8 cm³/mol. The van der Waals surface area contributed by atoms with Crippen molar-refractivity contribution >= 4 is 5.97 Å². The molecule has 3 heteroatoms. The van der Waals surface area contributed by atoms with Gasteiger partial charge in [-0.1, -0.05) is 31.5 Å². The summed E-state index contributed by atoms with van der Waals surface area (Å²) < 4.78 is 10.9. The molecule has 1 aromatic carbocycles. The molecule has 0 bridgehead atoms. The number of fused-ring (bicyclic) bond motifs is 1. The summed E-state index contributed by atoms with van der Waals surface area (Å²) in [6.45, 7) is 4.37. The zero-order valence-electron chi connectivity index (χ0n) is 11.1. The van der Waals surface area contributed by atoms with E-state index in [4.69, 9.17) is 9.47 Å². The molecular weight excluding hydrogens is 228 g/mol. The van der Waals surface area contributed by atoms with E-state index in [1.54, 1.807) is 0 Å². The number of hydrogen-bond acceptors (Lipinski definition) is 3. The Morgan fingerprint density at radius 2 is 2.28 bits per heavy atom. The fraction of sp³-hybridized carbons (Fsp3) is 0.533. The Bertz CT molecular complexity index is 426. The Morgan fingerprint density at radius 3 is 3.00 bits per heavy atom. The zero-order valence-corrected chi connectivity index (χ0v) is 11.1. The first-order chi connectivity index (χ1) is 8.76. The fourth-order valence-electron chi connectivity index (χ4n) is 2.34. The van der Waals surface area contributed by atoms with E-state index < -0.39 is 6.10 Å². The van der Waals surface area contributed by atoms with Gasteiger partial charge < -0.3 is 9.47 Å². The molecule has 1 atom stereocenters. The first-order valence-corrected chi connectivity index (χ1v) is 6.70. The van der Waals surface area contributed by atoms with Crippen LogP contribution in [0.4, 0.5) is 0 Å². The lowest BCUT2D eigenvalue weighted by Gasteiger charge is -2.26. The van der Waals surface area contributed by atoms with Gasteiger partial charge in [0, 0.05) is 0 Å². The minimum absolute atomic E-state index is 0.241. The number of rotatable bonds is 4. The summed E-state index contributed by atoms with van der Waals surface area (Å²) >= 11 is 0. The van der Waals surface area contributed by atoms with Crippen LogP contribution in [0.2, 0.25) is 0 Å². The van der Waals surface area contributed by atoms with Crippen molar-refractivity contribution in [3.8, 4) is 5.75 Å². The lowest BCUT2D eigenvalue weighted by atomic mass is 9.97. The second-order valence-corrected chi connectivity index (χ2v) is 4.55. The fourth-order valence-corrected chi connectivity index (χ4v) is 2.34. The molecule has 1 unspecified atom stereocenters. The van der Waals surface area contributed by atoms with Crippen LogP contribution in [0.15, 0.2) is 18.2 Å². The molecule has 98 valence electrons. The highest BCUT2D eigenvalue weighted by Gasteiger charge is 2.28. The molecule has 0 saturated heterocycles. The molecule has 2 rings (SSSR count). The smallest absolute Gasteiger partial charge is 0.347 e. The quantitative estimate of drug-likeness (QED) is 0.769. The van der Waals surface area contributed by atoms with Gasteiger partial charge in [0.1, 0.15) is 5.75 Å². The van der Waals surface area contributed by atoms with E-state index in [0.717, 1.165) is 25.0 Å². The molecule has 0 amide bonds. The third-order valence-electron chi connectivity index (χ3n) is 3.18. The highest BCUT2D eigenvalue weighted by molar-refractivity contribution is 5.75. The Balaban J connectivity index is 2.18. The molecule has 0 aromatic heterocycles. The predicted octanol–water partition coefficient (Wildman–Crippen LogP) is 2.90. The largest absolute Gasteiger partial charge is 0.478 e. The molecular formula is C15H20O3. The molecule has 1 heterocycles. The number of carbonyl (C=O) groups is 1. The van der Waals surface area contributed by atoms with Crippen LogP contribution in [0.5, 0.6) is 5.75 Å². The van der Waals surface area contributed by atoms with Crippen LogP contribution in [0.25, 0.3) is 0 Å². The molecule has 18 heavy (non-hydrogen) atoms. The van der Waals surface area contributed by atoms with Crippen molar-refractivity contribution in [3.63, 3.8) is 0 Å². The summed E-state index contributed by atoms with van der Waals surface area (Å²) in [7, 11) is 0. The lowest BCUT2D eigenvalue weighted by molar-refractivity contribution is -0.152. The Labute approximate surface area is 108 Å². The van der Waals surface area contributed by atoms with Crippen molar-refractivity contribution in [2.45, 2.75) is 45.6 Å². The van der Waals surface area contributed by atoms with Crippen molar-refractivity contribution in [3.05, 3.63) is 29.3 Å². The number of para-hydroxylation sites is 1. The normalized spacial score (nSPS) is 17.8. The van der Waals surface area contributed by atoms with Gasteiger partial charge >= 0.3 is 5.97 Å². The van der Waals surface area contributed by atoms with Crippen molar-refractivity contribution in [2.24, 2.45) is 0 Å². The summed E-state index contributed by atoms with van der Waals surface area (Å²) in [6, 6.07) is 6.23. The second-order valence-electron chi connectivity index (χ2n) is 4.55. The van der Waals surface area contributed by atoms with Crippen LogP contribution in [0.3, 0.4) is 0 Å². The highest BCUT2D eigenvalue weighted by Crippen LogP contribution is 2.32. The van der Waals surface area contributed by atoms with E-state index >= 15 is 0 Å². The third-order valence-corrected chi connectivity index (χ3v) is 3.18. The summed E-state index contributed by atoms with van der Waals surface area (Å²) in [5.41, 5.74) is 2.41. The van der Waals surface area contributed by atoms with Gasteiger partial charge in [-0.3, -0.25) is 0 Å². The van der Waals surface area contributed by atoms with Crippen LogP contribution in [0, 0.1) is 0 Å². The van der Waals surface area contributed by atoms with E-state index in [1.165, 1.54) is 11.1 Å². The summed E-state index contributed by atoms with van der Waals surface area (Å²) in [4.78, 5) is 11.7. The maximum atomic E-state index is 11.7. The van der Waals surface area contributed by atoms with Gasteiger partial charge in [0.25, 0.3) is 0 Å². The summed E-state index contributed by atoms with van der Waals surface area (Å²) in [5, 5.41) is 0. The zero-order chi connectivity index (χ0) is 13.0. The minimum atomic E-state index is -0.435. The molecule has 3 nitrogen and oxygen atoms in total. The molecule has 0 saturated carbocycles. The number of hydrogen-bond donors (Lipinski definition) is 0. The Hall–Kier alpha value is -1.51. The summed E-state index contributed by atoms with van der Waals surface area (Å²) in [5.74, 6) is 0.665. The minimum Gasteiger partial charge on any atom is -0.478 e. The molecule has 0 N–H and O–H groups in total. The monoisotopic (exact) mass is 248 g/mol. The topological polar surface area (TPSA) is 35.5 Å². The van der Waals surface area contributed by atoms with Gasteiger partial charge in [0.15, 0.2) is 6.10 Å². The number of carbonyl (C=O) groups excluding carboxylic acids is 1. The van der Waals surface area contributed by atoms with E-state index in [1.807, 2.05) is 6.92 Å². The Kier molecular flexibility index (Phi) is 4.24. The van der Waals surface area contributed by atoms with Gasteiger partial charge in [0.05, 0.1) is 6.61 Å². The highest BCUT2D eigenvalue weighted by atomic mass is 16.6. The number of ether oxygens (including phenoxy) is 2. The molecule has 1 aliphatic heterocycles. The van der Waals surface area contributed by atoms with Crippen LogP contribution < -0.4 is 4.74 Å². The molecule has 1 aliphatic rings. The van der Waals surface area contributed by atoms with Gasteiger partial charge in [-0.25, -0.2) is 4.79 Å². The van der Waals surface area contributed by atoms with Crippen LogP contribution in [0.1, 0.15) is 37.8 Å². The van der Waals surface area contributed by atoms with E-state index in [9.17, 15) is 4.79 Å². The van der Waals surface area contributed by atoms with Crippen molar-refractivity contribution < 1.29 is 14.3 Å². The first-order valence-electron chi connectivity index (χ1n) is 6.70. The molecule has 0 fully saturated rings. The van der Waals surface area contributed by atoms with E-state index in [2.05, 4.69) is 25.1 Å². The van der Waals surface area contributed by atoms with Gasteiger partial charge in [0.2, 0.25) is 0 Å². The molecule has 0 spiro atoms. The molecule has 0 aliphatic carbocycles. The van der Waals surface area contributed by atoms with Crippen molar-refractivity contribution in [1.82, 2.24) is 0 Å². The maximum Gasteiger partial charge on any atom is 0.347 e. The Morgan fingerprint density at radius 1 is 1.44 bits per heavy atom. The number of esters is 1. The van der Waals surface area contributed by atoms with Crippen molar-refractivity contribution in [1.29, 1.82) is 0 Å². The van der Waals surface area contributed by atoms with Gasteiger partial charge in [-0.05, 0) is 37.3 Å². The molecule has 0 radical (unpaired) electrons. The number of benzene rings is 1. The third kappa shape index (κ3) is 2.66. The average Bonchev–Trinajstić information content (AvgIpc) is 2.39. The SMILES string of the molecule is CCCc1cccc2c1OC(C(=O)OCC)CC2. The average molecular weight is 248 g/mol. The first kappa shape index (κ1) is 12.9. The number of aryl methyl sites for hydroxylation is 2. The van der Waals surface area contributed by atoms with Crippen LogP contribution >= 0.6 is 0 Å². The van der Waals surface area contributed by atoms with Crippen molar-refractivity contribution in [2.75, 3.05) is 6.61 Å².